The molecule has 0 amide bonds. The average molecular weight is 415 g/mol. The summed E-state index contributed by atoms with van der Waals surface area (Å²) < 4.78 is 20.6. The molecular weight excluding hydrogens is 405 g/mol. The van der Waals surface area contributed by atoms with Gasteiger partial charge in [0, 0.05) is 5.97 Å². The van der Waals surface area contributed by atoms with Gasteiger partial charge >= 0.3 is 27.7 Å². The number of aliphatic carboxylic acids is 1. The molecule has 0 aliphatic rings. The van der Waals surface area contributed by atoms with Gasteiger partial charge in [-0.15, -0.1) is 0 Å². The number of benzene rings is 1. The molecule has 0 N–H and O–H groups in total. The predicted octanol–water partition coefficient (Wildman–Crippen LogP) is 0.417. The molecule has 0 radical (unpaired) electrons. The van der Waals surface area contributed by atoms with Crippen molar-refractivity contribution >= 4 is 16.7 Å². The van der Waals surface area contributed by atoms with Gasteiger partial charge in [0.1, 0.15) is 0 Å². The van der Waals surface area contributed by atoms with Crippen LogP contribution in [0.3, 0.4) is 0 Å². The molecule has 0 atom stereocenters. The molecule has 0 fully saturated rings. The predicted molar refractivity (Wildman–Crippen MR) is 48.9 cm³/mol. The minimum atomic E-state index is -2.09. The van der Waals surface area contributed by atoms with Gasteiger partial charge in [0.25, 0.3) is 0 Å². The standard InChI is InChI=1S/C7H7O2S.C2H4O2.Hg/c1-6-2-4-7(5-3-6)10(8)9;1-2(3)4;/h2-5H,1H3;1H3,(H,3,4);/q-1;;+2/p-1. The molecule has 0 unspecified atom stereocenters. The van der Waals surface area contributed by atoms with Crippen LogP contribution in [0.5, 0.6) is 0 Å². The molecule has 0 saturated heterocycles. The first kappa shape index (κ1) is 17.0. The first-order chi connectivity index (χ1) is 6.43. The van der Waals surface area contributed by atoms with Gasteiger partial charge in [-0.25, -0.2) is 0 Å². The second-order valence-corrected chi connectivity index (χ2v) is 3.48. The second-order valence-electron chi connectivity index (χ2n) is 2.54. The topological polar surface area (TPSA) is 74.3 Å². The summed E-state index contributed by atoms with van der Waals surface area (Å²) >= 11 is 0. The number of rotatable bonds is 1. The maximum atomic E-state index is 10.3. The molecule has 0 saturated carbocycles. The smallest absolute Gasteiger partial charge is 0.550 e. The number of carboxylic acids is 1. The molecule has 0 aliphatic heterocycles. The number of aryl methyl sites for hydroxylation is 1. The summed E-state index contributed by atoms with van der Waals surface area (Å²) in [6.07, 6.45) is 0. The van der Waals surface area contributed by atoms with E-state index in [9.17, 15) is 8.42 Å². The molecule has 0 spiro atoms. The Morgan fingerprint density at radius 3 is 1.80 bits per heavy atom. The van der Waals surface area contributed by atoms with Crippen LogP contribution in [0.1, 0.15) is 12.5 Å². The van der Waals surface area contributed by atoms with E-state index in [0.717, 1.165) is 12.5 Å². The Kier molecular flexibility index (Phi) is 10.0. The van der Waals surface area contributed by atoms with Gasteiger partial charge in [0.15, 0.2) is 0 Å². The van der Waals surface area contributed by atoms with Gasteiger partial charge in [0.2, 0.25) is 0 Å². The van der Waals surface area contributed by atoms with Crippen molar-refractivity contribution in [2.75, 3.05) is 0 Å². The zero-order valence-corrected chi connectivity index (χ0v) is 14.9. The molecular formula is C9H10HgO4S. The van der Waals surface area contributed by atoms with Gasteiger partial charge in [0.05, 0.1) is 0 Å². The fraction of sp³-hybridized carbons (Fsp3) is 0.222. The van der Waals surface area contributed by atoms with Crippen molar-refractivity contribution in [3.8, 4) is 0 Å². The van der Waals surface area contributed by atoms with Crippen LogP contribution in [0, 0.1) is 6.92 Å². The molecule has 0 aliphatic carbocycles. The molecule has 15 heavy (non-hydrogen) atoms. The minimum Gasteiger partial charge on any atom is -0.550 e. The van der Waals surface area contributed by atoms with Crippen LogP contribution in [0.15, 0.2) is 29.2 Å². The summed E-state index contributed by atoms with van der Waals surface area (Å²) in [5.41, 5.74) is 1.06. The molecule has 0 heterocycles. The van der Waals surface area contributed by atoms with E-state index < -0.39 is 16.7 Å². The first-order valence-corrected chi connectivity index (χ1v) is 4.84. The Bertz CT molecular complexity index is 358. The van der Waals surface area contributed by atoms with Crippen LogP contribution in [-0.2, 0) is 51.6 Å². The largest absolute Gasteiger partial charge is 2.00 e. The van der Waals surface area contributed by atoms with Crippen molar-refractivity contribution in [2.45, 2.75) is 18.7 Å². The van der Waals surface area contributed by atoms with Crippen molar-refractivity contribution in [1.82, 2.24) is 0 Å². The quantitative estimate of drug-likeness (QED) is 0.493. The molecule has 1 aromatic rings. The maximum absolute atomic E-state index is 10.3. The van der Waals surface area contributed by atoms with Gasteiger partial charge in [-0.2, -0.15) is 0 Å². The monoisotopic (exact) mass is 416 g/mol. The normalized spacial score (nSPS) is 8.47. The zero-order chi connectivity index (χ0) is 11.1. The van der Waals surface area contributed by atoms with Crippen LogP contribution in [0.2, 0.25) is 0 Å². The second kappa shape index (κ2) is 8.85. The number of carbonyl (C=O) groups is 1. The van der Waals surface area contributed by atoms with Crippen molar-refractivity contribution in [2.24, 2.45) is 0 Å². The SMILES string of the molecule is CC(=O)[O-].Cc1ccc([S-](=O)=O)cc1.[Hg+2]. The van der Waals surface area contributed by atoms with Crippen LogP contribution in [0.4, 0.5) is 0 Å². The summed E-state index contributed by atoms with van der Waals surface area (Å²) in [4.78, 5) is 9.23. The molecule has 1 aromatic carbocycles. The molecule has 4 nitrogen and oxygen atoms in total. The van der Waals surface area contributed by atoms with Crippen LogP contribution in [-0.4, -0.2) is 5.97 Å². The third kappa shape index (κ3) is 9.87. The fourth-order valence-electron chi connectivity index (χ4n) is 0.649. The number of carboxylic acid groups (broad SMARTS) is 1. The van der Waals surface area contributed by atoms with E-state index in [1.807, 2.05) is 6.92 Å². The van der Waals surface area contributed by atoms with Gasteiger partial charge in [-0.3, -0.25) is 0 Å². The zero-order valence-electron chi connectivity index (χ0n) is 8.56. The molecule has 0 aromatic heterocycles. The van der Waals surface area contributed by atoms with Crippen molar-refractivity contribution in [3.05, 3.63) is 29.8 Å². The van der Waals surface area contributed by atoms with Crippen LogP contribution >= 0.6 is 0 Å². The van der Waals surface area contributed by atoms with Crippen LogP contribution in [0.25, 0.3) is 0 Å². The molecule has 0 bridgehead atoms. The minimum absolute atomic E-state index is 0. The van der Waals surface area contributed by atoms with Crippen LogP contribution < -0.4 is 5.11 Å². The van der Waals surface area contributed by atoms with E-state index in [1.165, 1.54) is 0 Å². The Labute approximate surface area is 111 Å². The Hall–Kier alpha value is -0.425. The van der Waals surface area contributed by atoms with Crippen molar-refractivity contribution < 1.29 is 46.0 Å². The Morgan fingerprint density at radius 1 is 1.20 bits per heavy atom. The van der Waals surface area contributed by atoms with E-state index in [2.05, 4.69) is 0 Å². The van der Waals surface area contributed by atoms with E-state index >= 15 is 0 Å². The summed E-state index contributed by atoms with van der Waals surface area (Å²) in [7, 11) is -2.09. The molecule has 1 rings (SSSR count). The summed E-state index contributed by atoms with van der Waals surface area (Å²) in [6.45, 7) is 2.89. The first-order valence-electron chi connectivity index (χ1n) is 3.77. The summed E-state index contributed by atoms with van der Waals surface area (Å²) in [5.74, 6) is -1.08. The van der Waals surface area contributed by atoms with Gasteiger partial charge in [-0.1, -0.05) is 34.7 Å². The average Bonchev–Trinajstić information content (AvgIpc) is 2.03. The summed E-state index contributed by atoms with van der Waals surface area (Å²) in [5, 5.41) is 8.89. The molecule has 78 valence electrons. The molecule has 6 heteroatoms. The number of hydrogen-bond donors (Lipinski definition) is 0. The van der Waals surface area contributed by atoms with E-state index in [4.69, 9.17) is 9.90 Å². The fourth-order valence-corrected chi connectivity index (χ4v) is 1.01. The van der Waals surface area contributed by atoms with Gasteiger partial charge in [-0.05, 0) is 24.6 Å². The van der Waals surface area contributed by atoms with E-state index in [1.54, 1.807) is 24.3 Å². The van der Waals surface area contributed by atoms with Gasteiger partial charge < -0.3 is 18.3 Å². The summed E-state index contributed by atoms with van der Waals surface area (Å²) in [6, 6.07) is 6.70. The van der Waals surface area contributed by atoms with Crippen molar-refractivity contribution in [3.63, 3.8) is 0 Å². The Balaban J connectivity index is 0. The third-order valence-electron chi connectivity index (χ3n) is 1.21. The number of hydrogen-bond acceptors (Lipinski definition) is 5. The van der Waals surface area contributed by atoms with E-state index in [-0.39, 0.29) is 27.7 Å². The van der Waals surface area contributed by atoms with E-state index in [0.29, 0.717) is 4.90 Å². The Morgan fingerprint density at radius 2 is 1.53 bits per heavy atom. The third-order valence-corrected chi connectivity index (χ3v) is 1.87. The van der Waals surface area contributed by atoms with Crippen molar-refractivity contribution in [1.29, 1.82) is 0 Å². The maximum Gasteiger partial charge on any atom is 2.00 e. The number of carbonyl (C=O) groups excluding carboxylic acids is 1.